The van der Waals surface area contributed by atoms with Gasteiger partial charge < -0.3 is 4.74 Å². The number of carbonyl (C=O) groups excluding carboxylic acids is 1. The summed E-state index contributed by atoms with van der Waals surface area (Å²) < 4.78 is 4.93. The van der Waals surface area contributed by atoms with Crippen molar-refractivity contribution in [3.63, 3.8) is 0 Å². The Morgan fingerprint density at radius 3 is 2.46 bits per heavy atom. The third-order valence-corrected chi connectivity index (χ3v) is 1.27. The molecule has 1 amide bonds. The number of nitrogens with one attached hydrogen (secondary N) is 1. The summed E-state index contributed by atoms with van der Waals surface area (Å²) in [6, 6.07) is 8.90. The number of hydrazine groups is 1. The largest absolute Gasteiger partial charge is 0.427 e. The molecule has 0 saturated heterocycles. The zero-order chi connectivity index (χ0) is 9.68. The number of rotatable bonds is 2. The number of para-hydroxylation sites is 1. The Kier molecular flexibility index (Phi) is 3.28. The Bertz CT molecular complexity index is 272. The lowest BCUT2D eigenvalue weighted by atomic mass is 10.3. The summed E-state index contributed by atoms with van der Waals surface area (Å²) in [5.41, 5.74) is 2.46. The van der Waals surface area contributed by atoms with Crippen molar-refractivity contribution in [2.45, 2.75) is 0 Å². The maximum absolute atomic E-state index is 11.0. The van der Waals surface area contributed by atoms with Crippen molar-refractivity contribution in [3.05, 3.63) is 30.3 Å². The average molecular weight is 180 g/mol. The molecule has 0 aromatic heterocycles. The predicted molar refractivity (Wildman–Crippen MR) is 49.3 cm³/mol. The van der Waals surface area contributed by atoms with Gasteiger partial charge in [0.05, 0.1) is 0 Å². The lowest BCUT2D eigenvalue weighted by Gasteiger charge is -2.11. The first kappa shape index (κ1) is 9.54. The van der Waals surface area contributed by atoms with Crippen molar-refractivity contribution in [2.24, 2.45) is 0 Å². The highest BCUT2D eigenvalue weighted by Gasteiger charge is 2.02. The molecule has 13 heavy (non-hydrogen) atoms. The summed E-state index contributed by atoms with van der Waals surface area (Å²) in [4.78, 5) is 11.0. The smallest absolute Gasteiger partial charge is 0.409 e. The second-order valence-corrected chi connectivity index (χ2v) is 2.71. The first-order valence-electron chi connectivity index (χ1n) is 3.89. The van der Waals surface area contributed by atoms with Gasteiger partial charge >= 0.3 is 6.09 Å². The van der Waals surface area contributed by atoms with Crippen molar-refractivity contribution < 1.29 is 9.53 Å². The Hall–Kier alpha value is -1.55. The zero-order valence-corrected chi connectivity index (χ0v) is 7.65. The summed E-state index contributed by atoms with van der Waals surface area (Å²) in [5, 5.41) is 1.52. The van der Waals surface area contributed by atoms with E-state index in [1.165, 1.54) is 5.01 Å². The number of nitrogens with zero attached hydrogens (tertiary/aromatic N) is 1. The third-order valence-electron chi connectivity index (χ3n) is 1.27. The van der Waals surface area contributed by atoms with Crippen LogP contribution in [0.5, 0.6) is 5.75 Å². The SMILES string of the molecule is CN(C)NC(=O)Oc1ccccc1. The van der Waals surface area contributed by atoms with E-state index in [-0.39, 0.29) is 0 Å². The predicted octanol–water partition coefficient (Wildman–Crippen LogP) is 1.25. The van der Waals surface area contributed by atoms with E-state index in [0.717, 1.165) is 0 Å². The molecule has 0 saturated carbocycles. The van der Waals surface area contributed by atoms with Crippen molar-refractivity contribution >= 4 is 6.09 Å². The molecule has 0 aliphatic rings. The van der Waals surface area contributed by atoms with Crippen LogP contribution in [0.25, 0.3) is 0 Å². The van der Waals surface area contributed by atoms with Gasteiger partial charge in [0.15, 0.2) is 0 Å². The summed E-state index contributed by atoms with van der Waals surface area (Å²) in [5.74, 6) is 0.529. The van der Waals surface area contributed by atoms with Gasteiger partial charge in [-0.3, -0.25) is 5.43 Å². The quantitative estimate of drug-likeness (QED) is 0.696. The molecule has 1 N–H and O–H groups in total. The summed E-state index contributed by atoms with van der Waals surface area (Å²) in [7, 11) is 3.43. The zero-order valence-electron chi connectivity index (χ0n) is 7.65. The molecule has 0 spiro atoms. The third kappa shape index (κ3) is 3.57. The second-order valence-electron chi connectivity index (χ2n) is 2.71. The lowest BCUT2D eigenvalue weighted by Crippen LogP contribution is -2.38. The van der Waals surface area contributed by atoms with Crippen LogP contribution in [0.15, 0.2) is 30.3 Å². The van der Waals surface area contributed by atoms with E-state index in [4.69, 9.17) is 4.74 Å². The van der Waals surface area contributed by atoms with Crippen LogP contribution >= 0.6 is 0 Å². The molecule has 70 valence electrons. The van der Waals surface area contributed by atoms with Crippen LogP contribution in [-0.2, 0) is 0 Å². The average Bonchev–Trinajstić information content (AvgIpc) is 2.04. The van der Waals surface area contributed by atoms with Crippen molar-refractivity contribution in [1.82, 2.24) is 10.4 Å². The van der Waals surface area contributed by atoms with E-state index < -0.39 is 6.09 Å². The number of carbonyl (C=O) groups is 1. The Balaban J connectivity index is 2.46. The maximum Gasteiger partial charge on any atom is 0.427 e. The van der Waals surface area contributed by atoms with E-state index in [2.05, 4.69) is 5.43 Å². The molecule has 0 unspecified atom stereocenters. The minimum absolute atomic E-state index is 0.490. The first-order chi connectivity index (χ1) is 6.18. The van der Waals surface area contributed by atoms with Gasteiger partial charge in [0, 0.05) is 14.1 Å². The molecule has 0 fully saturated rings. The molecular weight excluding hydrogens is 168 g/mol. The highest BCUT2D eigenvalue weighted by molar-refractivity contribution is 5.69. The fourth-order valence-electron chi connectivity index (χ4n) is 0.801. The fourth-order valence-corrected chi connectivity index (χ4v) is 0.801. The molecule has 1 rings (SSSR count). The highest BCUT2D eigenvalue weighted by atomic mass is 16.6. The standard InChI is InChI=1S/C9H12N2O2/c1-11(2)10-9(12)13-8-6-4-3-5-7-8/h3-7H,1-2H3,(H,10,12). The lowest BCUT2D eigenvalue weighted by molar-refractivity contribution is 0.171. The number of amides is 1. The number of hydrogen-bond acceptors (Lipinski definition) is 3. The molecule has 1 aromatic rings. The monoisotopic (exact) mass is 180 g/mol. The van der Waals surface area contributed by atoms with Gasteiger partial charge in [-0.05, 0) is 12.1 Å². The summed E-state index contributed by atoms with van der Waals surface area (Å²) in [6.07, 6.45) is -0.490. The molecule has 4 heteroatoms. The molecule has 0 radical (unpaired) electrons. The van der Waals surface area contributed by atoms with Crippen LogP contribution < -0.4 is 10.2 Å². The van der Waals surface area contributed by atoms with Gasteiger partial charge in [-0.25, -0.2) is 9.80 Å². The summed E-state index contributed by atoms with van der Waals surface area (Å²) >= 11 is 0. The fraction of sp³-hybridized carbons (Fsp3) is 0.222. The van der Waals surface area contributed by atoms with Crippen LogP contribution in [0.4, 0.5) is 4.79 Å². The minimum Gasteiger partial charge on any atom is -0.409 e. The van der Waals surface area contributed by atoms with Gasteiger partial charge in [0.1, 0.15) is 5.75 Å². The minimum atomic E-state index is -0.490. The van der Waals surface area contributed by atoms with Gasteiger partial charge in [0.25, 0.3) is 0 Å². The van der Waals surface area contributed by atoms with E-state index in [1.807, 2.05) is 6.07 Å². The van der Waals surface area contributed by atoms with E-state index in [1.54, 1.807) is 38.4 Å². The van der Waals surface area contributed by atoms with Gasteiger partial charge in [-0.15, -0.1) is 0 Å². The van der Waals surface area contributed by atoms with Gasteiger partial charge in [0.2, 0.25) is 0 Å². The van der Waals surface area contributed by atoms with Crippen LogP contribution in [-0.4, -0.2) is 25.2 Å². The molecule has 4 nitrogen and oxygen atoms in total. The van der Waals surface area contributed by atoms with Crippen molar-refractivity contribution in [2.75, 3.05) is 14.1 Å². The highest BCUT2D eigenvalue weighted by Crippen LogP contribution is 2.07. The Labute approximate surface area is 77.1 Å². The molecular formula is C9H12N2O2. The topological polar surface area (TPSA) is 41.6 Å². The van der Waals surface area contributed by atoms with Crippen LogP contribution in [0.3, 0.4) is 0 Å². The summed E-state index contributed by atoms with van der Waals surface area (Å²) in [6.45, 7) is 0. The Morgan fingerprint density at radius 2 is 1.92 bits per heavy atom. The Morgan fingerprint density at radius 1 is 1.31 bits per heavy atom. The first-order valence-corrected chi connectivity index (χ1v) is 3.89. The van der Waals surface area contributed by atoms with Crippen LogP contribution in [0, 0.1) is 0 Å². The van der Waals surface area contributed by atoms with E-state index in [9.17, 15) is 4.79 Å². The molecule has 1 aromatic carbocycles. The molecule has 0 bridgehead atoms. The van der Waals surface area contributed by atoms with Gasteiger partial charge in [-0.2, -0.15) is 0 Å². The normalized spacial score (nSPS) is 9.77. The van der Waals surface area contributed by atoms with Gasteiger partial charge in [-0.1, -0.05) is 18.2 Å². The van der Waals surface area contributed by atoms with Crippen LogP contribution in [0.1, 0.15) is 0 Å². The van der Waals surface area contributed by atoms with Crippen molar-refractivity contribution in [1.29, 1.82) is 0 Å². The van der Waals surface area contributed by atoms with Crippen LogP contribution in [0.2, 0.25) is 0 Å². The number of ether oxygens (including phenoxy) is 1. The number of benzene rings is 1. The molecule has 0 aliphatic heterocycles. The molecule has 0 heterocycles. The van der Waals surface area contributed by atoms with E-state index in [0.29, 0.717) is 5.75 Å². The maximum atomic E-state index is 11.0. The molecule has 0 atom stereocenters. The van der Waals surface area contributed by atoms with Crippen molar-refractivity contribution in [3.8, 4) is 5.75 Å². The van der Waals surface area contributed by atoms with E-state index >= 15 is 0 Å². The number of hydrogen-bond donors (Lipinski definition) is 1. The second kappa shape index (κ2) is 4.47. The molecule has 0 aliphatic carbocycles.